The van der Waals surface area contributed by atoms with Gasteiger partial charge in [0.2, 0.25) is 0 Å². The van der Waals surface area contributed by atoms with Crippen LogP contribution in [0.15, 0.2) is 36.4 Å². The SMILES string of the molecule is COc1cc(C(=O)N(C)Cc2ccc(C#N)cc2)c([N+](=O)[O-])cc1OC. The molecule has 1 amide bonds. The van der Waals surface area contributed by atoms with Crippen molar-refractivity contribution in [3.05, 3.63) is 63.2 Å². The number of rotatable bonds is 6. The molecule has 2 aromatic rings. The van der Waals surface area contributed by atoms with Crippen molar-refractivity contribution in [2.24, 2.45) is 0 Å². The highest BCUT2D eigenvalue weighted by molar-refractivity contribution is 5.99. The molecule has 0 saturated heterocycles. The van der Waals surface area contributed by atoms with Gasteiger partial charge in [0.15, 0.2) is 11.5 Å². The first-order valence-corrected chi connectivity index (χ1v) is 7.56. The average molecular weight is 355 g/mol. The molecule has 8 nitrogen and oxygen atoms in total. The highest BCUT2D eigenvalue weighted by Crippen LogP contribution is 2.35. The Bertz CT molecular complexity index is 872. The van der Waals surface area contributed by atoms with Gasteiger partial charge in [-0.15, -0.1) is 0 Å². The third-order valence-electron chi connectivity index (χ3n) is 3.78. The normalized spacial score (nSPS) is 9.92. The van der Waals surface area contributed by atoms with Crippen molar-refractivity contribution in [1.82, 2.24) is 4.90 Å². The number of amides is 1. The van der Waals surface area contributed by atoms with Gasteiger partial charge in [-0.25, -0.2) is 0 Å². The van der Waals surface area contributed by atoms with Crippen molar-refractivity contribution in [3.63, 3.8) is 0 Å². The molecule has 0 N–H and O–H groups in total. The second-order valence-corrected chi connectivity index (χ2v) is 5.45. The molecule has 134 valence electrons. The lowest BCUT2D eigenvalue weighted by Gasteiger charge is -2.18. The molecule has 0 radical (unpaired) electrons. The molecule has 2 rings (SSSR count). The number of benzene rings is 2. The average Bonchev–Trinajstić information content (AvgIpc) is 2.66. The van der Waals surface area contributed by atoms with E-state index in [0.717, 1.165) is 5.56 Å². The molecule has 0 aliphatic rings. The van der Waals surface area contributed by atoms with Crippen LogP contribution < -0.4 is 9.47 Å². The lowest BCUT2D eigenvalue weighted by molar-refractivity contribution is -0.385. The van der Waals surface area contributed by atoms with E-state index < -0.39 is 10.8 Å². The topological polar surface area (TPSA) is 106 Å². The zero-order chi connectivity index (χ0) is 19.3. The monoisotopic (exact) mass is 355 g/mol. The Kier molecular flexibility index (Phi) is 5.75. The summed E-state index contributed by atoms with van der Waals surface area (Å²) in [5, 5.41) is 20.2. The van der Waals surface area contributed by atoms with E-state index in [0.29, 0.717) is 5.56 Å². The van der Waals surface area contributed by atoms with Crippen LogP contribution in [0.2, 0.25) is 0 Å². The Balaban J connectivity index is 2.34. The maximum atomic E-state index is 12.7. The summed E-state index contributed by atoms with van der Waals surface area (Å²) in [6.07, 6.45) is 0. The third-order valence-corrected chi connectivity index (χ3v) is 3.78. The number of nitro benzene ring substituents is 1. The van der Waals surface area contributed by atoms with Crippen LogP contribution in [0.5, 0.6) is 11.5 Å². The van der Waals surface area contributed by atoms with Crippen molar-refractivity contribution in [2.75, 3.05) is 21.3 Å². The molecule has 8 heteroatoms. The van der Waals surface area contributed by atoms with Crippen LogP contribution in [0.1, 0.15) is 21.5 Å². The summed E-state index contributed by atoms with van der Waals surface area (Å²) < 4.78 is 10.2. The summed E-state index contributed by atoms with van der Waals surface area (Å²) in [6, 6.07) is 11.2. The van der Waals surface area contributed by atoms with Gasteiger partial charge in [-0.05, 0) is 17.7 Å². The molecule has 0 aliphatic heterocycles. The van der Waals surface area contributed by atoms with E-state index in [1.54, 1.807) is 31.3 Å². The molecule has 0 unspecified atom stereocenters. The largest absolute Gasteiger partial charge is 0.493 e. The quantitative estimate of drug-likeness (QED) is 0.583. The second kappa shape index (κ2) is 7.98. The highest BCUT2D eigenvalue weighted by atomic mass is 16.6. The Labute approximate surface area is 150 Å². The Morgan fingerprint density at radius 3 is 2.27 bits per heavy atom. The molecule has 26 heavy (non-hydrogen) atoms. The van der Waals surface area contributed by atoms with Gasteiger partial charge in [0.25, 0.3) is 11.6 Å². The number of nitrogens with zero attached hydrogens (tertiary/aromatic N) is 3. The number of methoxy groups -OCH3 is 2. The minimum atomic E-state index is -0.634. The summed E-state index contributed by atoms with van der Waals surface area (Å²) in [5.74, 6) is -0.124. The number of hydrogen-bond acceptors (Lipinski definition) is 6. The number of nitriles is 1. The standard InChI is InChI=1S/C18H17N3O5/c1-20(11-13-6-4-12(10-19)5-7-13)18(22)14-8-16(25-2)17(26-3)9-15(14)21(23)24/h4-9H,11H2,1-3H3. The van der Waals surface area contributed by atoms with Gasteiger partial charge in [-0.3, -0.25) is 14.9 Å². The van der Waals surface area contributed by atoms with E-state index >= 15 is 0 Å². The maximum Gasteiger partial charge on any atom is 0.286 e. The lowest BCUT2D eigenvalue weighted by atomic mass is 10.1. The highest BCUT2D eigenvalue weighted by Gasteiger charge is 2.26. The molecule has 0 fully saturated rings. The van der Waals surface area contributed by atoms with Gasteiger partial charge >= 0.3 is 0 Å². The van der Waals surface area contributed by atoms with Crippen LogP contribution in [-0.4, -0.2) is 37.0 Å². The van der Waals surface area contributed by atoms with Crippen LogP contribution in [0.25, 0.3) is 0 Å². The number of carbonyl (C=O) groups excluding carboxylic acids is 1. The van der Waals surface area contributed by atoms with Crippen LogP contribution >= 0.6 is 0 Å². The minimum absolute atomic E-state index is 0.0937. The molecule has 2 aromatic carbocycles. The fourth-order valence-electron chi connectivity index (χ4n) is 2.43. The van der Waals surface area contributed by atoms with Crippen molar-refractivity contribution >= 4 is 11.6 Å². The van der Waals surface area contributed by atoms with E-state index in [1.165, 1.54) is 31.3 Å². The summed E-state index contributed by atoms with van der Waals surface area (Å²) in [4.78, 5) is 24.8. The van der Waals surface area contributed by atoms with Gasteiger partial charge < -0.3 is 14.4 Å². The first kappa shape index (κ1) is 18.7. The first-order chi connectivity index (χ1) is 12.4. The smallest absolute Gasteiger partial charge is 0.286 e. The van der Waals surface area contributed by atoms with Crippen LogP contribution in [-0.2, 0) is 6.54 Å². The molecule has 0 heterocycles. The second-order valence-electron chi connectivity index (χ2n) is 5.45. The fraction of sp³-hybridized carbons (Fsp3) is 0.222. The molecule has 0 aliphatic carbocycles. The molecule has 0 saturated carbocycles. The third kappa shape index (κ3) is 3.89. The predicted octanol–water partition coefficient (Wildman–Crippen LogP) is 2.76. The molecule has 0 spiro atoms. The first-order valence-electron chi connectivity index (χ1n) is 7.56. The van der Waals surface area contributed by atoms with E-state index in [4.69, 9.17) is 14.7 Å². The number of ether oxygens (including phenoxy) is 2. The molecule has 0 bridgehead atoms. The van der Waals surface area contributed by atoms with E-state index in [-0.39, 0.29) is 29.3 Å². The summed E-state index contributed by atoms with van der Waals surface area (Å²) in [7, 11) is 4.29. The fourth-order valence-corrected chi connectivity index (χ4v) is 2.43. The van der Waals surface area contributed by atoms with E-state index in [2.05, 4.69) is 0 Å². The van der Waals surface area contributed by atoms with Crippen molar-refractivity contribution < 1.29 is 19.2 Å². The summed E-state index contributed by atoms with van der Waals surface area (Å²) in [5.41, 5.74) is 0.851. The van der Waals surface area contributed by atoms with E-state index in [1.807, 2.05) is 6.07 Å². The number of nitro groups is 1. The molecule has 0 aromatic heterocycles. The van der Waals surface area contributed by atoms with Crippen LogP contribution in [0.4, 0.5) is 5.69 Å². The lowest BCUT2D eigenvalue weighted by Crippen LogP contribution is -2.27. The van der Waals surface area contributed by atoms with Gasteiger partial charge in [0.05, 0.1) is 36.8 Å². The Hall–Kier alpha value is -3.60. The van der Waals surface area contributed by atoms with Gasteiger partial charge in [0, 0.05) is 19.7 Å². The molecular formula is C18H17N3O5. The molecule has 0 atom stereocenters. The predicted molar refractivity (Wildman–Crippen MR) is 93.2 cm³/mol. The van der Waals surface area contributed by atoms with Crippen LogP contribution in [0.3, 0.4) is 0 Å². The molecular weight excluding hydrogens is 338 g/mol. The van der Waals surface area contributed by atoms with E-state index in [9.17, 15) is 14.9 Å². The van der Waals surface area contributed by atoms with Crippen LogP contribution in [0, 0.1) is 21.4 Å². The number of carbonyl (C=O) groups is 1. The van der Waals surface area contributed by atoms with Crippen molar-refractivity contribution in [2.45, 2.75) is 6.54 Å². The van der Waals surface area contributed by atoms with Gasteiger partial charge in [-0.1, -0.05) is 12.1 Å². The zero-order valence-electron chi connectivity index (χ0n) is 14.6. The van der Waals surface area contributed by atoms with Crippen molar-refractivity contribution in [1.29, 1.82) is 5.26 Å². The Morgan fingerprint density at radius 2 is 1.77 bits per heavy atom. The Morgan fingerprint density at radius 1 is 1.19 bits per heavy atom. The maximum absolute atomic E-state index is 12.7. The van der Waals surface area contributed by atoms with Gasteiger partial charge in [0.1, 0.15) is 5.56 Å². The summed E-state index contributed by atoms with van der Waals surface area (Å²) in [6.45, 7) is 0.232. The van der Waals surface area contributed by atoms with Gasteiger partial charge in [-0.2, -0.15) is 5.26 Å². The minimum Gasteiger partial charge on any atom is -0.493 e. The number of hydrogen-bond donors (Lipinski definition) is 0. The zero-order valence-corrected chi connectivity index (χ0v) is 14.6. The van der Waals surface area contributed by atoms with Crippen molar-refractivity contribution in [3.8, 4) is 17.6 Å². The summed E-state index contributed by atoms with van der Waals surface area (Å²) >= 11 is 0.